The first-order valence-electron chi connectivity index (χ1n) is 6.38. The molecule has 0 unspecified atom stereocenters. The smallest absolute Gasteiger partial charge is 0.341 e. The largest absolute Gasteiger partial charge is 0.479 e. The Bertz CT molecular complexity index is 485. The summed E-state index contributed by atoms with van der Waals surface area (Å²) in [6, 6.07) is 5.89. The van der Waals surface area contributed by atoms with Crippen molar-refractivity contribution < 1.29 is 9.90 Å². The van der Waals surface area contributed by atoms with Gasteiger partial charge in [0.15, 0.2) is 5.41 Å². The minimum Gasteiger partial charge on any atom is -0.479 e. The zero-order valence-corrected chi connectivity index (χ0v) is 11.4. The molecule has 0 fully saturated rings. The van der Waals surface area contributed by atoms with Crippen LogP contribution in [0.3, 0.4) is 0 Å². The summed E-state index contributed by atoms with van der Waals surface area (Å²) in [5.41, 5.74) is -4.80. The topological polar surface area (TPSA) is 132 Å². The molecule has 0 aliphatic heterocycles. The zero-order chi connectivity index (χ0) is 15.6. The van der Waals surface area contributed by atoms with Crippen LogP contribution in [-0.4, -0.2) is 11.1 Å². The van der Waals surface area contributed by atoms with Crippen molar-refractivity contribution >= 4 is 5.97 Å². The molecule has 0 bridgehead atoms. The van der Waals surface area contributed by atoms with E-state index in [0.29, 0.717) is 6.42 Å². The maximum atomic E-state index is 11.2. The first-order valence-corrected chi connectivity index (χ1v) is 6.38. The van der Waals surface area contributed by atoms with Crippen LogP contribution in [0.1, 0.15) is 45.4 Å². The summed E-state index contributed by atoms with van der Waals surface area (Å²) in [6.45, 7) is 2.04. The predicted molar refractivity (Wildman–Crippen MR) is 68.3 cm³/mol. The van der Waals surface area contributed by atoms with Gasteiger partial charge in [-0.2, -0.15) is 21.0 Å². The van der Waals surface area contributed by atoms with Gasteiger partial charge in [0.25, 0.3) is 5.41 Å². The molecule has 0 aromatic heterocycles. The summed E-state index contributed by atoms with van der Waals surface area (Å²) in [4.78, 5) is 11.2. The minimum atomic E-state index is -2.65. The molecule has 6 heteroatoms. The van der Waals surface area contributed by atoms with Gasteiger partial charge >= 0.3 is 5.97 Å². The van der Waals surface area contributed by atoms with Gasteiger partial charge in [0, 0.05) is 0 Å². The second-order valence-electron chi connectivity index (χ2n) is 4.57. The molecule has 0 aliphatic carbocycles. The Hall–Kier alpha value is -2.57. The van der Waals surface area contributed by atoms with Crippen LogP contribution >= 0.6 is 0 Å². The Labute approximate surface area is 118 Å². The molecule has 6 nitrogen and oxygen atoms in total. The van der Waals surface area contributed by atoms with Crippen LogP contribution in [0.5, 0.6) is 0 Å². The number of aliphatic carboxylic acids is 1. The summed E-state index contributed by atoms with van der Waals surface area (Å²) in [6.07, 6.45) is 3.99. The Kier molecular flexibility index (Phi) is 6.78. The van der Waals surface area contributed by atoms with Crippen LogP contribution in [0.25, 0.3) is 0 Å². The number of carbonyl (C=O) groups is 1. The molecule has 104 valence electrons. The van der Waals surface area contributed by atoms with Crippen LogP contribution in [0.4, 0.5) is 0 Å². The van der Waals surface area contributed by atoms with E-state index in [1.54, 1.807) is 12.1 Å². The number of nitriles is 4. The van der Waals surface area contributed by atoms with E-state index < -0.39 is 16.8 Å². The first kappa shape index (κ1) is 17.4. The first-order chi connectivity index (χ1) is 9.50. The molecule has 0 aromatic rings. The highest BCUT2D eigenvalue weighted by molar-refractivity contribution is 5.84. The molecule has 0 spiro atoms. The summed E-state index contributed by atoms with van der Waals surface area (Å²) >= 11 is 0. The van der Waals surface area contributed by atoms with E-state index in [1.807, 2.05) is 6.92 Å². The highest BCUT2D eigenvalue weighted by atomic mass is 16.4. The number of hydrogen-bond donors (Lipinski definition) is 1. The SMILES string of the molecule is CCCCCCCC(C#N)(C#N)C(C#N)(C#N)C(=O)O. The van der Waals surface area contributed by atoms with Gasteiger partial charge in [0.1, 0.15) is 0 Å². The lowest BCUT2D eigenvalue weighted by atomic mass is 9.64. The highest BCUT2D eigenvalue weighted by Gasteiger charge is 2.60. The summed E-state index contributed by atoms with van der Waals surface area (Å²) in [7, 11) is 0. The zero-order valence-electron chi connectivity index (χ0n) is 11.4. The molecule has 0 amide bonds. The normalized spacial score (nSPS) is 10.7. The van der Waals surface area contributed by atoms with Crippen LogP contribution in [0.2, 0.25) is 0 Å². The average Bonchev–Trinajstić information content (AvgIpc) is 2.46. The lowest BCUT2D eigenvalue weighted by molar-refractivity contribution is -0.145. The fourth-order valence-electron chi connectivity index (χ4n) is 1.98. The maximum Gasteiger partial charge on any atom is 0.341 e. The molecular formula is C14H16N4O2. The van der Waals surface area contributed by atoms with Crippen LogP contribution < -0.4 is 0 Å². The van der Waals surface area contributed by atoms with E-state index in [9.17, 15) is 15.3 Å². The molecule has 0 atom stereocenters. The second-order valence-corrected chi connectivity index (χ2v) is 4.57. The molecule has 0 rings (SSSR count). The van der Waals surface area contributed by atoms with Crippen molar-refractivity contribution in [3.05, 3.63) is 0 Å². The molecule has 0 heterocycles. The molecule has 20 heavy (non-hydrogen) atoms. The molecule has 0 aromatic carbocycles. The molecule has 0 radical (unpaired) electrons. The van der Waals surface area contributed by atoms with E-state index in [4.69, 9.17) is 15.6 Å². The highest BCUT2D eigenvalue weighted by Crippen LogP contribution is 2.42. The van der Waals surface area contributed by atoms with Gasteiger partial charge in [-0.3, -0.25) is 0 Å². The average molecular weight is 272 g/mol. The molecule has 1 N–H and O–H groups in total. The van der Waals surface area contributed by atoms with Crippen molar-refractivity contribution in [3.8, 4) is 24.3 Å². The van der Waals surface area contributed by atoms with E-state index >= 15 is 0 Å². The van der Waals surface area contributed by atoms with Crippen molar-refractivity contribution in [2.75, 3.05) is 0 Å². The van der Waals surface area contributed by atoms with Crippen LogP contribution in [0, 0.1) is 56.2 Å². The number of rotatable bonds is 8. The minimum absolute atomic E-state index is 0.100. The standard InChI is InChI=1S/C14H16N4O2/c1-2-3-4-5-6-7-13(8-15,9-16)14(10-17,11-18)12(19)20/h2-7H2,1H3,(H,19,20). The lowest BCUT2D eigenvalue weighted by Gasteiger charge is -2.27. The summed E-state index contributed by atoms with van der Waals surface area (Å²) < 4.78 is 0. The number of unbranched alkanes of at least 4 members (excludes halogenated alkanes) is 4. The van der Waals surface area contributed by atoms with Gasteiger partial charge in [-0.25, -0.2) is 4.79 Å². The molecular weight excluding hydrogens is 256 g/mol. The van der Waals surface area contributed by atoms with E-state index in [0.717, 1.165) is 25.7 Å². The van der Waals surface area contributed by atoms with Gasteiger partial charge < -0.3 is 5.11 Å². The molecule has 0 saturated heterocycles. The van der Waals surface area contributed by atoms with Gasteiger partial charge in [0.05, 0.1) is 24.3 Å². The summed E-state index contributed by atoms with van der Waals surface area (Å²) in [5, 5.41) is 45.6. The quantitative estimate of drug-likeness (QED) is 0.675. The van der Waals surface area contributed by atoms with E-state index in [2.05, 4.69) is 0 Å². The third kappa shape index (κ3) is 3.05. The number of carboxylic acid groups (broad SMARTS) is 1. The Morgan fingerprint density at radius 1 is 0.950 bits per heavy atom. The van der Waals surface area contributed by atoms with E-state index in [1.165, 1.54) is 12.1 Å². The number of carboxylic acids is 1. The van der Waals surface area contributed by atoms with Crippen molar-refractivity contribution in [2.24, 2.45) is 10.8 Å². The fourth-order valence-corrected chi connectivity index (χ4v) is 1.98. The van der Waals surface area contributed by atoms with Crippen molar-refractivity contribution in [1.29, 1.82) is 21.0 Å². The Morgan fingerprint density at radius 3 is 1.80 bits per heavy atom. The third-order valence-corrected chi connectivity index (χ3v) is 3.33. The van der Waals surface area contributed by atoms with Crippen LogP contribution in [-0.2, 0) is 4.79 Å². The van der Waals surface area contributed by atoms with E-state index in [-0.39, 0.29) is 6.42 Å². The maximum absolute atomic E-state index is 11.2. The number of hydrogen-bond acceptors (Lipinski definition) is 5. The van der Waals surface area contributed by atoms with Gasteiger partial charge in [-0.15, -0.1) is 0 Å². The Morgan fingerprint density at radius 2 is 1.45 bits per heavy atom. The predicted octanol–water partition coefficient (Wildman–Crippen LogP) is 2.50. The summed E-state index contributed by atoms with van der Waals surface area (Å²) in [5.74, 6) is -1.75. The van der Waals surface area contributed by atoms with Crippen molar-refractivity contribution in [3.63, 3.8) is 0 Å². The van der Waals surface area contributed by atoms with Crippen molar-refractivity contribution in [2.45, 2.75) is 45.4 Å². The molecule has 0 saturated carbocycles. The van der Waals surface area contributed by atoms with Crippen molar-refractivity contribution in [1.82, 2.24) is 0 Å². The second kappa shape index (κ2) is 7.78. The Balaban J connectivity index is 5.28. The number of nitrogens with zero attached hydrogens (tertiary/aromatic N) is 4. The molecule has 0 aliphatic rings. The third-order valence-electron chi connectivity index (χ3n) is 3.33. The van der Waals surface area contributed by atoms with Gasteiger partial charge in [-0.05, 0) is 6.42 Å². The monoisotopic (exact) mass is 272 g/mol. The fraction of sp³-hybridized carbons (Fsp3) is 0.643. The van der Waals surface area contributed by atoms with Gasteiger partial charge in [-0.1, -0.05) is 39.0 Å². The lowest BCUT2D eigenvalue weighted by Crippen LogP contribution is -2.44. The van der Waals surface area contributed by atoms with Crippen LogP contribution in [0.15, 0.2) is 0 Å². The van der Waals surface area contributed by atoms with Gasteiger partial charge in [0.2, 0.25) is 0 Å².